The Balaban J connectivity index is 2.03. The molecule has 8 nitrogen and oxygen atoms in total. The molecule has 0 radical (unpaired) electrons. The summed E-state index contributed by atoms with van der Waals surface area (Å²) in [6, 6.07) is 10.5. The largest absolute Gasteiger partial charge is 0.496 e. The molecule has 0 spiro atoms. The quantitative estimate of drug-likeness (QED) is 0.691. The second-order valence-corrected chi connectivity index (χ2v) is 6.16. The summed E-state index contributed by atoms with van der Waals surface area (Å²) in [5, 5.41) is 2.62. The van der Waals surface area contributed by atoms with E-state index in [-0.39, 0.29) is 12.5 Å². The van der Waals surface area contributed by atoms with Gasteiger partial charge in [0.1, 0.15) is 5.75 Å². The Bertz CT molecular complexity index is 843. The maximum absolute atomic E-state index is 12.5. The Morgan fingerprint density at radius 2 is 1.48 bits per heavy atom. The normalized spacial score (nSPS) is 10.1. The Labute approximate surface area is 170 Å². The molecule has 0 atom stereocenters. The van der Waals surface area contributed by atoms with Crippen LogP contribution in [0.2, 0.25) is 0 Å². The third-order valence-electron chi connectivity index (χ3n) is 4.35. The predicted octanol–water partition coefficient (Wildman–Crippen LogP) is 2.11. The molecule has 29 heavy (non-hydrogen) atoms. The van der Waals surface area contributed by atoms with E-state index in [0.29, 0.717) is 35.1 Å². The molecule has 0 saturated heterocycles. The van der Waals surface area contributed by atoms with Crippen molar-refractivity contribution in [3.8, 4) is 23.0 Å². The van der Waals surface area contributed by atoms with Gasteiger partial charge in [0, 0.05) is 24.7 Å². The van der Waals surface area contributed by atoms with Gasteiger partial charge in [-0.1, -0.05) is 18.2 Å². The van der Waals surface area contributed by atoms with Gasteiger partial charge in [-0.15, -0.1) is 0 Å². The van der Waals surface area contributed by atoms with E-state index >= 15 is 0 Å². The van der Waals surface area contributed by atoms with Crippen molar-refractivity contribution in [2.75, 3.05) is 42.0 Å². The molecule has 0 bridgehead atoms. The van der Waals surface area contributed by atoms with Gasteiger partial charge in [0.25, 0.3) is 5.91 Å². The maximum atomic E-state index is 12.5. The van der Waals surface area contributed by atoms with Crippen molar-refractivity contribution < 1.29 is 28.5 Å². The zero-order chi connectivity index (χ0) is 21.4. The highest BCUT2D eigenvalue weighted by atomic mass is 16.5. The highest BCUT2D eigenvalue weighted by molar-refractivity contribution is 5.97. The highest BCUT2D eigenvalue weighted by Gasteiger charge is 2.18. The molecule has 0 aliphatic heterocycles. The minimum Gasteiger partial charge on any atom is -0.496 e. The van der Waals surface area contributed by atoms with Crippen LogP contribution in [0, 0.1) is 0 Å². The SMILES string of the molecule is COc1ccccc1CN(C)C(=O)CNC(=O)c1cc(OC)c(OC)c(OC)c1. The van der Waals surface area contributed by atoms with Crippen LogP contribution in [0.25, 0.3) is 0 Å². The lowest BCUT2D eigenvalue weighted by Gasteiger charge is -2.19. The highest BCUT2D eigenvalue weighted by Crippen LogP contribution is 2.38. The van der Waals surface area contributed by atoms with E-state index < -0.39 is 5.91 Å². The number of hydrogen-bond acceptors (Lipinski definition) is 6. The first-order valence-electron chi connectivity index (χ1n) is 8.89. The van der Waals surface area contributed by atoms with E-state index in [2.05, 4.69) is 5.32 Å². The number of carbonyl (C=O) groups is 2. The Morgan fingerprint density at radius 3 is 2.03 bits per heavy atom. The van der Waals surface area contributed by atoms with E-state index in [1.54, 1.807) is 14.2 Å². The fraction of sp³-hybridized carbons (Fsp3) is 0.333. The van der Waals surface area contributed by atoms with Crippen LogP contribution in [0.15, 0.2) is 36.4 Å². The number of methoxy groups -OCH3 is 4. The number of amides is 2. The van der Waals surface area contributed by atoms with Gasteiger partial charge in [0.05, 0.1) is 35.0 Å². The number of para-hydroxylation sites is 1. The smallest absolute Gasteiger partial charge is 0.251 e. The van der Waals surface area contributed by atoms with Gasteiger partial charge in [-0.3, -0.25) is 9.59 Å². The molecule has 0 aliphatic rings. The molecule has 2 amide bonds. The number of nitrogens with one attached hydrogen (secondary N) is 1. The van der Waals surface area contributed by atoms with Gasteiger partial charge in [-0.25, -0.2) is 0 Å². The number of hydrogen-bond donors (Lipinski definition) is 1. The lowest BCUT2D eigenvalue weighted by atomic mass is 10.1. The molecule has 0 unspecified atom stereocenters. The van der Waals surface area contributed by atoms with E-state index in [0.717, 1.165) is 5.56 Å². The molecule has 1 N–H and O–H groups in total. The summed E-state index contributed by atoms with van der Waals surface area (Å²) in [5.41, 5.74) is 1.17. The maximum Gasteiger partial charge on any atom is 0.251 e. The van der Waals surface area contributed by atoms with Crippen molar-refractivity contribution in [1.82, 2.24) is 10.2 Å². The first kappa shape index (κ1) is 21.9. The first-order valence-corrected chi connectivity index (χ1v) is 8.89. The van der Waals surface area contributed by atoms with Crippen LogP contribution >= 0.6 is 0 Å². The third-order valence-corrected chi connectivity index (χ3v) is 4.35. The standard InChI is InChI=1S/C21H26N2O6/c1-23(13-14-8-6-7-9-16(14)26-2)19(24)12-22-21(25)15-10-17(27-3)20(29-5)18(11-15)28-4/h6-11H,12-13H2,1-5H3,(H,22,25). The predicted molar refractivity (Wildman–Crippen MR) is 108 cm³/mol. The number of carbonyl (C=O) groups excluding carboxylic acids is 2. The fourth-order valence-corrected chi connectivity index (χ4v) is 2.78. The van der Waals surface area contributed by atoms with Gasteiger partial charge in [-0.2, -0.15) is 0 Å². The van der Waals surface area contributed by atoms with Gasteiger partial charge >= 0.3 is 0 Å². The van der Waals surface area contributed by atoms with E-state index in [1.165, 1.54) is 38.4 Å². The van der Waals surface area contributed by atoms with Crippen molar-refractivity contribution in [2.45, 2.75) is 6.54 Å². The summed E-state index contributed by atoms with van der Waals surface area (Å²) < 4.78 is 21.0. The monoisotopic (exact) mass is 402 g/mol. The molecule has 156 valence electrons. The van der Waals surface area contributed by atoms with Crippen LogP contribution in [0.1, 0.15) is 15.9 Å². The number of nitrogens with zero attached hydrogens (tertiary/aromatic N) is 1. The molecule has 2 aromatic carbocycles. The molecule has 0 saturated carbocycles. The van der Waals surface area contributed by atoms with Crippen LogP contribution < -0.4 is 24.3 Å². The number of ether oxygens (including phenoxy) is 4. The Morgan fingerprint density at radius 1 is 0.897 bits per heavy atom. The van der Waals surface area contributed by atoms with Crippen molar-refractivity contribution in [3.63, 3.8) is 0 Å². The molecule has 8 heteroatoms. The van der Waals surface area contributed by atoms with E-state index in [1.807, 2.05) is 24.3 Å². The number of benzene rings is 2. The van der Waals surface area contributed by atoms with Crippen molar-refractivity contribution in [3.05, 3.63) is 47.5 Å². The summed E-state index contributed by atoms with van der Waals surface area (Å²) >= 11 is 0. The van der Waals surface area contributed by atoms with Crippen molar-refractivity contribution in [1.29, 1.82) is 0 Å². The molecular formula is C21H26N2O6. The molecule has 2 aromatic rings. The van der Waals surface area contributed by atoms with Crippen LogP contribution in [0.5, 0.6) is 23.0 Å². The van der Waals surface area contributed by atoms with E-state index in [4.69, 9.17) is 18.9 Å². The molecule has 0 aromatic heterocycles. The summed E-state index contributed by atoms with van der Waals surface area (Å²) in [5.74, 6) is 1.14. The van der Waals surface area contributed by atoms with Crippen LogP contribution in [0.3, 0.4) is 0 Å². The Kier molecular flexibility index (Phi) is 7.70. The average Bonchev–Trinajstić information content (AvgIpc) is 2.76. The van der Waals surface area contributed by atoms with Crippen molar-refractivity contribution in [2.24, 2.45) is 0 Å². The van der Waals surface area contributed by atoms with Crippen LogP contribution in [-0.4, -0.2) is 58.7 Å². The van der Waals surface area contributed by atoms with Gasteiger partial charge in [0.15, 0.2) is 11.5 Å². The minimum atomic E-state index is -0.428. The van der Waals surface area contributed by atoms with Crippen molar-refractivity contribution >= 4 is 11.8 Å². The molecule has 0 heterocycles. The summed E-state index contributed by atoms with van der Waals surface area (Å²) in [6.45, 7) is 0.212. The van der Waals surface area contributed by atoms with Crippen LogP contribution in [-0.2, 0) is 11.3 Å². The minimum absolute atomic E-state index is 0.152. The first-order chi connectivity index (χ1) is 13.9. The lowest BCUT2D eigenvalue weighted by molar-refractivity contribution is -0.129. The molecule has 2 rings (SSSR count). The second-order valence-electron chi connectivity index (χ2n) is 6.16. The molecule has 0 fully saturated rings. The summed E-state index contributed by atoms with van der Waals surface area (Å²) in [7, 11) is 7.67. The summed E-state index contributed by atoms with van der Waals surface area (Å²) in [6.07, 6.45) is 0. The zero-order valence-electron chi connectivity index (χ0n) is 17.3. The summed E-state index contributed by atoms with van der Waals surface area (Å²) in [4.78, 5) is 26.5. The average molecular weight is 402 g/mol. The number of rotatable bonds is 9. The van der Waals surface area contributed by atoms with Crippen LogP contribution in [0.4, 0.5) is 0 Å². The second kappa shape index (κ2) is 10.2. The fourth-order valence-electron chi connectivity index (χ4n) is 2.78. The number of likely N-dealkylation sites (N-methyl/N-ethyl adjacent to an activating group) is 1. The zero-order valence-corrected chi connectivity index (χ0v) is 17.3. The van der Waals surface area contributed by atoms with E-state index in [9.17, 15) is 9.59 Å². The molecular weight excluding hydrogens is 376 g/mol. The Hall–Kier alpha value is -3.42. The van der Waals surface area contributed by atoms with Gasteiger partial charge < -0.3 is 29.2 Å². The lowest BCUT2D eigenvalue weighted by Crippen LogP contribution is -2.37. The molecule has 0 aliphatic carbocycles. The third kappa shape index (κ3) is 5.31. The topological polar surface area (TPSA) is 86.3 Å². The van der Waals surface area contributed by atoms with Gasteiger partial charge in [0.2, 0.25) is 11.7 Å². The van der Waals surface area contributed by atoms with Gasteiger partial charge in [-0.05, 0) is 18.2 Å².